The van der Waals surface area contributed by atoms with Crippen molar-refractivity contribution in [2.45, 2.75) is 19.3 Å². The number of nitrogens with zero attached hydrogens (tertiary/aromatic N) is 3. The van der Waals surface area contributed by atoms with E-state index in [9.17, 15) is 31.1 Å². The van der Waals surface area contributed by atoms with Crippen LogP contribution in [-0.4, -0.2) is 20.8 Å². The van der Waals surface area contributed by atoms with Crippen molar-refractivity contribution in [1.29, 1.82) is 0 Å². The van der Waals surface area contributed by atoms with Crippen LogP contribution in [0.5, 0.6) is 11.8 Å². The van der Waals surface area contributed by atoms with Gasteiger partial charge < -0.3 is 10.1 Å². The van der Waals surface area contributed by atoms with E-state index in [4.69, 9.17) is 16.3 Å². The predicted molar refractivity (Wildman–Crippen MR) is 97.1 cm³/mol. The third-order valence-corrected chi connectivity index (χ3v) is 4.11. The molecule has 0 atom stereocenters. The minimum Gasteiger partial charge on any atom is -0.417 e. The third kappa shape index (κ3) is 5.26. The summed E-state index contributed by atoms with van der Waals surface area (Å²) in [5.41, 5.74) is -1.92. The number of alkyl halides is 6. The highest BCUT2D eigenvalue weighted by Crippen LogP contribution is 2.34. The number of ether oxygens (including phenoxy) is 1. The number of carbonyl (C=O) groups is 1. The van der Waals surface area contributed by atoms with Crippen molar-refractivity contribution in [3.63, 3.8) is 0 Å². The maximum atomic E-state index is 12.8. The highest BCUT2D eigenvalue weighted by molar-refractivity contribution is 6.31. The molecular weight excluding hydrogens is 454 g/mol. The minimum absolute atomic E-state index is 0.121. The van der Waals surface area contributed by atoms with Gasteiger partial charge in [-0.15, -0.1) is 5.10 Å². The SMILES string of the molecule is Cc1cc(Oc2ncc(C(F)(F)F)cc2Cl)nn1C(=O)Nc1cccc(C(F)(F)F)c1. The lowest BCUT2D eigenvalue weighted by molar-refractivity contribution is -0.138. The molecule has 1 aromatic carbocycles. The van der Waals surface area contributed by atoms with E-state index in [1.807, 2.05) is 0 Å². The molecule has 2 aromatic heterocycles. The summed E-state index contributed by atoms with van der Waals surface area (Å²) >= 11 is 5.76. The maximum Gasteiger partial charge on any atom is 0.417 e. The van der Waals surface area contributed by atoms with Gasteiger partial charge in [-0.3, -0.25) is 0 Å². The Hall–Kier alpha value is -3.28. The predicted octanol–water partition coefficient (Wildman–Crippen LogP) is 6.15. The van der Waals surface area contributed by atoms with Crippen LogP contribution in [-0.2, 0) is 12.4 Å². The minimum atomic E-state index is -4.64. The van der Waals surface area contributed by atoms with Crippen molar-refractivity contribution in [2.24, 2.45) is 0 Å². The van der Waals surface area contributed by atoms with Gasteiger partial charge in [0.15, 0.2) is 0 Å². The number of rotatable bonds is 3. The molecule has 1 amide bonds. The average molecular weight is 465 g/mol. The summed E-state index contributed by atoms with van der Waals surface area (Å²) in [5, 5.41) is 5.65. The lowest BCUT2D eigenvalue weighted by atomic mass is 10.2. The van der Waals surface area contributed by atoms with Crippen molar-refractivity contribution in [1.82, 2.24) is 14.8 Å². The number of hydrogen-bond donors (Lipinski definition) is 1. The Bertz CT molecular complexity index is 1130. The number of carbonyl (C=O) groups excluding carboxylic acids is 1. The molecule has 0 bridgehead atoms. The second-order valence-corrected chi connectivity index (χ2v) is 6.56. The van der Waals surface area contributed by atoms with Crippen molar-refractivity contribution < 1.29 is 35.9 Å². The second-order valence-electron chi connectivity index (χ2n) is 6.16. The van der Waals surface area contributed by atoms with Crippen LogP contribution in [0.2, 0.25) is 5.02 Å². The summed E-state index contributed by atoms with van der Waals surface area (Å²) in [6.45, 7) is 1.45. The fourth-order valence-electron chi connectivity index (χ4n) is 2.41. The number of pyridine rings is 1. The van der Waals surface area contributed by atoms with Gasteiger partial charge >= 0.3 is 18.4 Å². The molecule has 13 heteroatoms. The van der Waals surface area contributed by atoms with Gasteiger partial charge in [0, 0.05) is 18.0 Å². The molecule has 0 spiro atoms. The molecule has 0 aliphatic heterocycles. The van der Waals surface area contributed by atoms with Crippen LogP contribution in [0.15, 0.2) is 42.6 Å². The lowest BCUT2D eigenvalue weighted by Crippen LogP contribution is -2.22. The fraction of sp³-hybridized carbons (Fsp3) is 0.167. The third-order valence-electron chi connectivity index (χ3n) is 3.83. The molecule has 0 saturated heterocycles. The molecule has 2 heterocycles. The lowest BCUT2D eigenvalue weighted by Gasteiger charge is -2.10. The summed E-state index contributed by atoms with van der Waals surface area (Å²) < 4.78 is 82.5. The molecule has 0 aliphatic rings. The number of aromatic nitrogens is 3. The van der Waals surface area contributed by atoms with Crippen LogP contribution in [0, 0.1) is 6.92 Å². The van der Waals surface area contributed by atoms with E-state index in [0.29, 0.717) is 12.3 Å². The number of nitrogens with one attached hydrogen (secondary N) is 1. The number of hydrogen-bond acceptors (Lipinski definition) is 4. The Kier molecular flexibility index (Phi) is 5.85. The van der Waals surface area contributed by atoms with E-state index in [2.05, 4.69) is 15.4 Å². The number of anilines is 1. The van der Waals surface area contributed by atoms with E-state index in [1.54, 1.807) is 0 Å². The Morgan fingerprint density at radius 2 is 1.74 bits per heavy atom. The first-order valence-electron chi connectivity index (χ1n) is 8.30. The van der Waals surface area contributed by atoms with Crippen LogP contribution in [0.1, 0.15) is 16.8 Å². The van der Waals surface area contributed by atoms with Crippen molar-refractivity contribution in [3.8, 4) is 11.8 Å². The van der Waals surface area contributed by atoms with E-state index in [0.717, 1.165) is 22.9 Å². The molecule has 0 saturated carbocycles. The van der Waals surface area contributed by atoms with E-state index in [-0.39, 0.29) is 23.1 Å². The Morgan fingerprint density at radius 3 is 2.35 bits per heavy atom. The number of benzene rings is 1. The van der Waals surface area contributed by atoms with Gasteiger partial charge in [0.1, 0.15) is 5.02 Å². The first-order chi connectivity index (χ1) is 14.3. The molecule has 1 N–H and O–H groups in total. The molecule has 0 fully saturated rings. The van der Waals surface area contributed by atoms with Crippen LogP contribution < -0.4 is 10.1 Å². The van der Waals surface area contributed by atoms with E-state index >= 15 is 0 Å². The van der Waals surface area contributed by atoms with E-state index in [1.165, 1.54) is 19.1 Å². The summed E-state index contributed by atoms with van der Waals surface area (Å²) in [6.07, 6.45) is -8.71. The standard InChI is InChI=1S/C18H11ClF6N4O2/c1-9-5-14(31-15-13(19)7-11(8-26-15)18(23,24)25)28-29(9)16(30)27-12-4-2-3-10(6-12)17(20,21)22/h2-8H,1H3,(H,27,30). The molecule has 3 aromatic rings. The van der Waals surface area contributed by atoms with Crippen molar-refractivity contribution in [3.05, 3.63) is 64.4 Å². The first-order valence-corrected chi connectivity index (χ1v) is 8.68. The van der Waals surface area contributed by atoms with Gasteiger partial charge in [0.2, 0.25) is 11.8 Å². The topological polar surface area (TPSA) is 69.0 Å². The van der Waals surface area contributed by atoms with Crippen LogP contribution >= 0.6 is 11.6 Å². The largest absolute Gasteiger partial charge is 0.417 e. The highest BCUT2D eigenvalue weighted by atomic mass is 35.5. The normalized spacial score (nSPS) is 12.0. The van der Waals surface area contributed by atoms with Gasteiger partial charge in [-0.05, 0) is 31.2 Å². The Morgan fingerprint density at radius 1 is 1.06 bits per heavy atom. The summed E-state index contributed by atoms with van der Waals surface area (Å²) in [5.74, 6) is -0.594. The van der Waals surface area contributed by atoms with Crippen LogP contribution in [0.25, 0.3) is 0 Å². The molecule has 0 unspecified atom stereocenters. The number of amides is 1. The van der Waals surface area contributed by atoms with E-state index < -0.39 is 34.5 Å². The van der Waals surface area contributed by atoms with Crippen LogP contribution in [0.3, 0.4) is 0 Å². The van der Waals surface area contributed by atoms with Crippen LogP contribution in [0.4, 0.5) is 36.8 Å². The van der Waals surface area contributed by atoms with Gasteiger partial charge in [-0.1, -0.05) is 17.7 Å². The smallest absolute Gasteiger partial charge is 0.417 e. The zero-order valence-corrected chi connectivity index (χ0v) is 16.1. The molecule has 164 valence electrons. The molecule has 0 radical (unpaired) electrons. The molecule has 0 aliphatic carbocycles. The zero-order valence-electron chi connectivity index (χ0n) is 15.3. The Labute approximate surface area is 175 Å². The summed E-state index contributed by atoms with van der Waals surface area (Å²) in [4.78, 5) is 15.9. The molecular formula is C18H11ClF6N4O2. The summed E-state index contributed by atoms with van der Waals surface area (Å²) in [6, 6.07) is 4.98. The van der Waals surface area contributed by atoms with Gasteiger partial charge in [0.25, 0.3) is 0 Å². The second kappa shape index (κ2) is 8.10. The molecule has 31 heavy (non-hydrogen) atoms. The average Bonchev–Trinajstić information content (AvgIpc) is 3.02. The zero-order chi connectivity index (χ0) is 23.0. The molecule has 3 rings (SSSR count). The monoisotopic (exact) mass is 464 g/mol. The van der Waals surface area contributed by atoms with Crippen molar-refractivity contribution in [2.75, 3.05) is 5.32 Å². The number of aryl methyl sites for hydroxylation is 1. The first kappa shape index (κ1) is 22.4. The van der Waals surface area contributed by atoms with Gasteiger partial charge in [-0.25, -0.2) is 9.78 Å². The highest BCUT2D eigenvalue weighted by Gasteiger charge is 2.32. The Balaban J connectivity index is 1.78. The van der Waals surface area contributed by atoms with Gasteiger partial charge in [0.05, 0.1) is 16.8 Å². The van der Waals surface area contributed by atoms with Crippen molar-refractivity contribution >= 4 is 23.3 Å². The summed E-state index contributed by atoms with van der Waals surface area (Å²) in [7, 11) is 0. The quantitative estimate of drug-likeness (QED) is 0.472. The maximum absolute atomic E-state index is 12.8. The number of halogens is 7. The fourth-order valence-corrected chi connectivity index (χ4v) is 2.61. The van der Waals surface area contributed by atoms with Gasteiger partial charge in [-0.2, -0.15) is 31.0 Å². The molecule has 6 nitrogen and oxygen atoms in total.